The van der Waals surface area contributed by atoms with E-state index in [-0.39, 0.29) is 29.9 Å². The van der Waals surface area contributed by atoms with Crippen LogP contribution in [0.5, 0.6) is 5.75 Å². The largest absolute Gasteiger partial charge is 0.490 e. The summed E-state index contributed by atoms with van der Waals surface area (Å²) in [5.41, 5.74) is 4.87. The van der Waals surface area contributed by atoms with E-state index in [0.29, 0.717) is 10.9 Å². The molecule has 5 rings (SSSR count). The van der Waals surface area contributed by atoms with Gasteiger partial charge in [-0.2, -0.15) is 0 Å². The molecule has 0 saturated heterocycles. The van der Waals surface area contributed by atoms with E-state index in [1.807, 2.05) is 67.6 Å². The molecule has 0 saturated carbocycles. The molecule has 1 aliphatic heterocycles. The quantitative estimate of drug-likeness (QED) is 0.197. The number of hydrogen-bond donors (Lipinski definition) is 1. The van der Waals surface area contributed by atoms with Gasteiger partial charge in [0.1, 0.15) is 11.6 Å². The van der Waals surface area contributed by atoms with Gasteiger partial charge in [-0.15, -0.1) is 0 Å². The van der Waals surface area contributed by atoms with Gasteiger partial charge in [-0.1, -0.05) is 60.7 Å². The molecule has 0 aliphatic carbocycles. The van der Waals surface area contributed by atoms with Crippen molar-refractivity contribution in [3.8, 4) is 5.75 Å². The molecule has 0 bridgehead atoms. The minimum absolute atomic E-state index is 0.0709. The van der Waals surface area contributed by atoms with Gasteiger partial charge >= 0.3 is 5.97 Å². The van der Waals surface area contributed by atoms with Crippen molar-refractivity contribution in [2.45, 2.75) is 51.2 Å². The minimum Gasteiger partial charge on any atom is -0.490 e. The first-order valence-electron chi connectivity index (χ1n) is 13.3. The number of halogens is 1. The van der Waals surface area contributed by atoms with Gasteiger partial charge in [0.05, 0.1) is 18.8 Å². The lowest BCUT2D eigenvalue weighted by Gasteiger charge is -2.33. The van der Waals surface area contributed by atoms with Gasteiger partial charge in [0, 0.05) is 22.9 Å². The van der Waals surface area contributed by atoms with E-state index in [9.17, 15) is 9.18 Å². The van der Waals surface area contributed by atoms with E-state index in [1.54, 1.807) is 6.07 Å². The van der Waals surface area contributed by atoms with Crippen LogP contribution in [0.15, 0.2) is 78.9 Å². The highest BCUT2D eigenvalue weighted by atomic mass is 19.1. The second kappa shape index (κ2) is 11.4. The van der Waals surface area contributed by atoms with Crippen LogP contribution < -0.4 is 10.1 Å². The Morgan fingerprint density at radius 2 is 1.82 bits per heavy atom. The van der Waals surface area contributed by atoms with E-state index in [4.69, 9.17) is 9.47 Å². The predicted octanol–water partition coefficient (Wildman–Crippen LogP) is 7.49. The van der Waals surface area contributed by atoms with E-state index in [1.165, 1.54) is 7.11 Å². The summed E-state index contributed by atoms with van der Waals surface area (Å²) in [6, 6.07) is 25.4. The number of aryl methyl sites for hydroxylation is 1. The lowest BCUT2D eigenvalue weighted by atomic mass is 9.82. The number of rotatable bonds is 8. The topological polar surface area (TPSA) is 47.6 Å². The van der Waals surface area contributed by atoms with Crippen LogP contribution in [0.1, 0.15) is 70.8 Å². The smallest absolute Gasteiger partial charge is 0.338 e. The molecule has 0 spiro atoms. The molecule has 5 heteroatoms. The van der Waals surface area contributed by atoms with Crippen molar-refractivity contribution in [1.82, 2.24) is 5.32 Å². The fraction of sp³-hybridized carbons (Fsp3) is 0.303. The van der Waals surface area contributed by atoms with Crippen LogP contribution in [0.2, 0.25) is 0 Å². The summed E-state index contributed by atoms with van der Waals surface area (Å²) in [4.78, 5) is 12.3. The summed E-state index contributed by atoms with van der Waals surface area (Å²) < 4.78 is 25.7. The van der Waals surface area contributed by atoms with Crippen LogP contribution in [0.3, 0.4) is 0 Å². The SMILES string of the molecule is COC(=O)c1cc(C2CC(CCCNC(C)c3ccc(F)c4ccccc34)Oc3ccccc32)ccc1C. The van der Waals surface area contributed by atoms with Crippen molar-refractivity contribution in [2.75, 3.05) is 13.7 Å². The number of ether oxygens (including phenoxy) is 2. The van der Waals surface area contributed by atoms with Gasteiger partial charge in [-0.25, -0.2) is 9.18 Å². The number of carbonyl (C=O) groups is 1. The van der Waals surface area contributed by atoms with Crippen molar-refractivity contribution in [1.29, 1.82) is 0 Å². The molecule has 1 heterocycles. The number of para-hydroxylation sites is 1. The van der Waals surface area contributed by atoms with E-state index < -0.39 is 0 Å². The zero-order valence-corrected chi connectivity index (χ0v) is 22.2. The Morgan fingerprint density at radius 3 is 2.63 bits per heavy atom. The van der Waals surface area contributed by atoms with Crippen LogP contribution in [0.25, 0.3) is 10.8 Å². The monoisotopic (exact) mass is 511 g/mol. The van der Waals surface area contributed by atoms with Crippen molar-refractivity contribution in [2.24, 2.45) is 0 Å². The van der Waals surface area contributed by atoms with Crippen molar-refractivity contribution < 1.29 is 18.7 Å². The average Bonchev–Trinajstić information content (AvgIpc) is 2.95. The Kier molecular flexibility index (Phi) is 7.75. The molecule has 0 radical (unpaired) electrons. The fourth-order valence-corrected chi connectivity index (χ4v) is 5.59. The van der Waals surface area contributed by atoms with E-state index in [0.717, 1.165) is 59.2 Å². The Labute approximate surface area is 223 Å². The molecule has 196 valence electrons. The zero-order chi connectivity index (χ0) is 26.6. The number of hydrogen-bond acceptors (Lipinski definition) is 4. The maximum atomic E-state index is 14.2. The summed E-state index contributed by atoms with van der Waals surface area (Å²) >= 11 is 0. The third kappa shape index (κ3) is 5.30. The van der Waals surface area contributed by atoms with Crippen LogP contribution in [-0.2, 0) is 4.74 Å². The summed E-state index contributed by atoms with van der Waals surface area (Å²) in [6.07, 6.45) is 2.77. The standard InChI is InChI=1S/C33H34FNO3/c1-21-14-15-23(19-29(21)33(36)37-3)30-20-24(38-32-13-7-6-12-28(30)32)9-8-18-35-22(2)25-16-17-31(34)27-11-5-4-10-26(25)27/h4-7,10-17,19,22,24,30,35H,8-9,18,20H2,1-3H3. The molecule has 38 heavy (non-hydrogen) atoms. The van der Waals surface area contributed by atoms with Gasteiger partial charge in [-0.3, -0.25) is 0 Å². The molecule has 0 amide bonds. The lowest BCUT2D eigenvalue weighted by Crippen LogP contribution is -2.28. The van der Waals surface area contributed by atoms with E-state index in [2.05, 4.69) is 24.4 Å². The molecule has 4 aromatic rings. The molecule has 1 aliphatic rings. The Bertz CT molecular complexity index is 1450. The van der Waals surface area contributed by atoms with Gasteiger partial charge in [0.25, 0.3) is 0 Å². The highest BCUT2D eigenvalue weighted by molar-refractivity contribution is 5.91. The number of nitrogens with one attached hydrogen (secondary N) is 1. The Morgan fingerprint density at radius 1 is 1.05 bits per heavy atom. The number of benzene rings is 4. The van der Waals surface area contributed by atoms with Gasteiger partial charge < -0.3 is 14.8 Å². The normalized spacial score (nSPS) is 17.5. The molecule has 3 atom stereocenters. The van der Waals surface area contributed by atoms with Gasteiger partial charge in [-0.05, 0) is 79.9 Å². The first-order valence-corrected chi connectivity index (χ1v) is 13.3. The number of carbonyl (C=O) groups excluding carboxylic acids is 1. The fourth-order valence-electron chi connectivity index (χ4n) is 5.59. The molecular formula is C33H34FNO3. The average molecular weight is 512 g/mol. The molecular weight excluding hydrogens is 477 g/mol. The Hall–Kier alpha value is -3.70. The number of methoxy groups -OCH3 is 1. The predicted molar refractivity (Wildman–Crippen MR) is 149 cm³/mol. The number of fused-ring (bicyclic) bond motifs is 2. The van der Waals surface area contributed by atoms with Gasteiger partial charge in [0.15, 0.2) is 0 Å². The third-order valence-electron chi connectivity index (χ3n) is 7.68. The highest BCUT2D eigenvalue weighted by Crippen LogP contribution is 2.41. The van der Waals surface area contributed by atoms with Crippen molar-refractivity contribution in [3.05, 3.63) is 112 Å². The third-order valence-corrected chi connectivity index (χ3v) is 7.68. The Balaban J connectivity index is 1.26. The molecule has 3 unspecified atom stereocenters. The van der Waals surface area contributed by atoms with Crippen LogP contribution in [0, 0.1) is 12.7 Å². The summed E-state index contributed by atoms with van der Waals surface area (Å²) in [5.74, 6) is 0.558. The molecule has 4 aromatic carbocycles. The molecule has 0 aromatic heterocycles. The molecule has 0 fully saturated rings. The van der Waals surface area contributed by atoms with Crippen LogP contribution in [-0.4, -0.2) is 25.7 Å². The van der Waals surface area contributed by atoms with Crippen molar-refractivity contribution >= 4 is 16.7 Å². The maximum Gasteiger partial charge on any atom is 0.338 e. The lowest BCUT2D eigenvalue weighted by molar-refractivity contribution is 0.0599. The summed E-state index contributed by atoms with van der Waals surface area (Å²) in [5, 5.41) is 5.22. The highest BCUT2D eigenvalue weighted by Gasteiger charge is 2.29. The van der Waals surface area contributed by atoms with E-state index >= 15 is 0 Å². The summed E-state index contributed by atoms with van der Waals surface area (Å²) in [7, 11) is 1.42. The number of esters is 1. The van der Waals surface area contributed by atoms with Crippen molar-refractivity contribution in [3.63, 3.8) is 0 Å². The molecule has 1 N–H and O–H groups in total. The second-order valence-electron chi connectivity index (χ2n) is 10.1. The first kappa shape index (κ1) is 25.9. The maximum absolute atomic E-state index is 14.2. The summed E-state index contributed by atoms with van der Waals surface area (Å²) in [6.45, 7) is 4.88. The molecule has 4 nitrogen and oxygen atoms in total. The van der Waals surface area contributed by atoms with Crippen LogP contribution >= 0.6 is 0 Å². The zero-order valence-electron chi connectivity index (χ0n) is 22.2. The second-order valence-corrected chi connectivity index (χ2v) is 10.1. The first-order chi connectivity index (χ1) is 18.5. The minimum atomic E-state index is -0.310. The van der Waals surface area contributed by atoms with Crippen LogP contribution in [0.4, 0.5) is 4.39 Å². The van der Waals surface area contributed by atoms with Gasteiger partial charge in [0.2, 0.25) is 0 Å².